The van der Waals surface area contributed by atoms with Crippen LogP contribution in [0.2, 0.25) is 0 Å². The van der Waals surface area contributed by atoms with Gasteiger partial charge >= 0.3 is 5.97 Å². The quantitative estimate of drug-likeness (QED) is 0.629. The fourth-order valence-electron chi connectivity index (χ4n) is 2.61. The average Bonchev–Trinajstić information content (AvgIpc) is 2.68. The predicted octanol–water partition coefficient (Wildman–Crippen LogP) is 4.49. The van der Waals surface area contributed by atoms with Crippen LogP contribution in [-0.4, -0.2) is 29.1 Å². The van der Waals surface area contributed by atoms with Crippen molar-refractivity contribution in [3.8, 4) is 11.3 Å². The molecular weight excluding hydrogens is 340 g/mol. The van der Waals surface area contributed by atoms with Crippen molar-refractivity contribution in [2.24, 2.45) is 0 Å². The molecule has 6 heteroatoms. The van der Waals surface area contributed by atoms with Gasteiger partial charge in [0.2, 0.25) is 5.95 Å². The van der Waals surface area contributed by atoms with Gasteiger partial charge < -0.3 is 15.4 Å². The molecule has 0 amide bonds. The van der Waals surface area contributed by atoms with Gasteiger partial charge in [-0.05, 0) is 26.0 Å². The smallest absolute Gasteiger partial charge is 0.339 e. The van der Waals surface area contributed by atoms with E-state index in [1.54, 1.807) is 12.1 Å². The van der Waals surface area contributed by atoms with Crippen LogP contribution in [0.3, 0.4) is 0 Å². The summed E-state index contributed by atoms with van der Waals surface area (Å²) in [7, 11) is 1.36. The summed E-state index contributed by atoms with van der Waals surface area (Å²) in [5.74, 6) is 0.698. The second-order valence-electron chi connectivity index (χ2n) is 6.29. The number of hydrogen-bond donors (Lipinski definition) is 2. The van der Waals surface area contributed by atoms with Crippen LogP contribution in [0.15, 0.2) is 60.7 Å². The van der Waals surface area contributed by atoms with Crippen molar-refractivity contribution < 1.29 is 9.53 Å². The molecule has 2 N–H and O–H groups in total. The van der Waals surface area contributed by atoms with Gasteiger partial charge in [-0.3, -0.25) is 0 Å². The first-order valence-electron chi connectivity index (χ1n) is 8.72. The minimum atomic E-state index is -0.407. The van der Waals surface area contributed by atoms with Crippen LogP contribution in [0.25, 0.3) is 11.3 Å². The van der Waals surface area contributed by atoms with Crippen LogP contribution in [0.1, 0.15) is 24.2 Å². The molecule has 0 saturated carbocycles. The van der Waals surface area contributed by atoms with E-state index >= 15 is 0 Å². The van der Waals surface area contributed by atoms with Gasteiger partial charge in [-0.25, -0.2) is 9.78 Å². The number of anilines is 3. The van der Waals surface area contributed by atoms with Gasteiger partial charge in [-0.15, -0.1) is 0 Å². The SMILES string of the molecule is COC(=O)c1ccccc1Nc1cc(-c2ccccc2)nc(NC(C)C)n1. The van der Waals surface area contributed by atoms with Gasteiger partial charge in [0.1, 0.15) is 5.82 Å². The average molecular weight is 362 g/mol. The highest BCUT2D eigenvalue weighted by Gasteiger charge is 2.13. The highest BCUT2D eigenvalue weighted by Crippen LogP contribution is 2.25. The summed E-state index contributed by atoms with van der Waals surface area (Å²) in [6, 6.07) is 19.1. The van der Waals surface area contributed by atoms with Gasteiger partial charge in [0.25, 0.3) is 0 Å². The zero-order valence-corrected chi connectivity index (χ0v) is 15.6. The first kappa shape index (κ1) is 18.4. The van der Waals surface area contributed by atoms with E-state index < -0.39 is 5.97 Å². The summed E-state index contributed by atoms with van der Waals surface area (Å²) in [4.78, 5) is 21.2. The Hall–Kier alpha value is -3.41. The molecule has 0 aliphatic rings. The highest BCUT2D eigenvalue weighted by molar-refractivity contribution is 5.96. The second-order valence-corrected chi connectivity index (χ2v) is 6.29. The lowest BCUT2D eigenvalue weighted by Crippen LogP contribution is -2.14. The maximum absolute atomic E-state index is 12.0. The number of rotatable bonds is 6. The van der Waals surface area contributed by atoms with E-state index in [2.05, 4.69) is 20.6 Å². The van der Waals surface area contributed by atoms with Crippen molar-refractivity contribution in [2.75, 3.05) is 17.7 Å². The molecule has 6 nitrogen and oxygen atoms in total. The summed E-state index contributed by atoms with van der Waals surface area (Å²) in [5.41, 5.74) is 2.83. The molecule has 0 radical (unpaired) electrons. The molecule has 2 aromatic carbocycles. The van der Waals surface area contributed by atoms with Crippen molar-refractivity contribution in [1.82, 2.24) is 9.97 Å². The molecule has 0 saturated heterocycles. The monoisotopic (exact) mass is 362 g/mol. The number of nitrogens with zero attached hydrogens (tertiary/aromatic N) is 2. The number of benzene rings is 2. The Kier molecular flexibility index (Phi) is 5.66. The van der Waals surface area contributed by atoms with Crippen LogP contribution < -0.4 is 10.6 Å². The van der Waals surface area contributed by atoms with Crippen LogP contribution in [0.5, 0.6) is 0 Å². The van der Waals surface area contributed by atoms with E-state index in [1.807, 2.05) is 62.4 Å². The number of para-hydroxylation sites is 1. The Morgan fingerprint density at radius 1 is 1.00 bits per heavy atom. The van der Waals surface area contributed by atoms with Crippen molar-refractivity contribution in [3.63, 3.8) is 0 Å². The number of aromatic nitrogens is 2. The molecule has 138 valence electrons. The maximum Gasteiger partial charge on any atom is 0.339 e. The first-order valence-corrected chi connectivity index (χ1v) is 8.72. The molecule has 0 fully saturated rings. The van der Waals surface area contributed by atoms with Gasteiger partial charge in [-0.2, -0.15) is 4.98 Å². The molecule has 0 atom stereocenters. The third kappa shape index (κ3) is 4.61. The zero-order chi connectivity index (χ0) is 19.2. The lowest BCUT2D eigenvalue weighted by Gasteiger charge is -2.14. The molecule has 0 aliphatic heterocycles. The summed E-state index contributed by atoms with van der Waals surface area (Å²) in [6.07, 6.45) is 0. The molecule has 1 heterocycles. The minimum Gasteiger partial charge on any atom is -0.465 e. The standard InChI is InChI=1S/C21H22N4O2/c1-14(2)22-21-24-18(15-9-5-4-6-10-15)13-19(25-21)23-17-12-8-7-11-16(17)20(26)27-3/h4-14H,1-3H3,(H2,22,23,24,25). The van der Waals surface area contributed by atoms with Gasteiger partial charge in [0.05, 0.1) is 24.1 Å². The number of carbonyl (C=O) groups excluding carboxylic acids is 1. The van der Waals surface area contributed by atoms with Gasteiger partial charge in [0, 0.05) is 17.7 Å². The minimum absolute atomic E-state index is 0.186. The Bertz CT molecular complexity index is 926. The molecule has 0 aliphatic carbocycles. The predicted molar refractivity (Wildman–Crippen MR) is 107 cm³/mol. The van der Waals surface area contributed by atoms with Crippen LogP contribution in [0, 0.1) is 0 Å². The Morgan fingerprint density at radius 2 is 1.70 bits per heavy atom. The Balaban J connectivity index is 2.01. The van der Waals surface area contributed by atoms with E-state index in [0.29, 0.717) is 23.0 Å². The Morgan fingerprint density at radius 3 is 2.41 bits per heavy atom. The largest absolute Gasteiger partial charge is 0.465 e. The van der Waals surface area contributed by atoms with Crippen LogP contribution in [-0.2, 0) is 4.74 Å². The van der Waals surface area contributed by atoms with Crippen molar-refractivity contribution >= 4 is 23.4 Å². The molecular formula is C21H22N4O2. The van der Waals surface area contributed by atoms with Gasteiger partial charge in [0.15, 0.2) is 0 Å². The third-order valence-corrected chi connectivity index (χ3v) is 3.81. The molecule has 27 heavy (non-hydrogen) atoms. The van der Waals surface area contributed by atoms with Crippen molar-refractivity contribution in [3.05, 3.63) is 66.2 Å². The Labute approximate surface area is 158 Å². The van der Waals surface area contributed by atoms with E-state index in [9.17, 15) is 4.79 Å². The molecule has 3 aromatic rings. The number of hydrogen-bond acceptors (Lipinski definition) is 6. The highest BCUT2D eigenvalue weighted by atomic mass is 16.5. The zero-order valence-electron chi connectivity index (χ0n) is 15.6. The maximum atomic E-state index is 12.0. The lowest BCUT2D eigenvalue weighted by molar-refractivity contribution is 0.0602. The first-order chi connectivity index (χ1) is 13.1. The molecule has 0 spiro atoms. The summed E-state index contributed by atoms with van der Waals surface area (Å²) < 4.78 is 4.86. The number of ether oxygens (including phenoxy) is 1. The summed E-state index contributed by atoms with van der Waals surface area (Å²) >= 11 is 0. The van der Waals surface area contributed by atoms with Gasteiger partial charge in [-0.1, -0.05) is 42.5 Å². The normalized spacial score (nSPS) is 10.5. The molecule has 0 bridgehead atoms. The third-order valence-electron chi connectivity index (χ3n) is 3.81. The van der Waals surface area contributed by atoms with Crippen molar-refractivity contribution in [1.29, 1.82) is 0 Å². The number of nitrogens with one attached hydrogen (secondary N) is 2. The molecule has 3 rings (SSSR count). The number of esters is 1. The fraction of sp³-hybridized carbons (Fsp3) is 0.190. The van der Waals surface area contributed by atoms with Crippen LogP contribution >= 0.6 is 0 Å². The van der Waals surface area contributed by atoms with E-state index in [1.165, 1.54) is 7.11 Å². The van der Waals surface area contributed by atoms with E-state index in [-0.39, 0.29) is 6.04 Å². The lowest BCUT2D eigenvalue weighted by atomic mass is 10.1. The fourth-order valence-corrected chi connectivity index (χ4v) is 2.61. The van der Waals surface area contributed by atoms with E-state index in [4.69, 9.17) is 4.74 Å². The number of carbonyl (C=O) groups is 1. The van der Waals surface area contributed by atoms with Crippen LogP contribution in [0.4, 0.5) is 17.5 Å². The summed E-state index contributed by atoms with van der Waals surface area (Å²) in [5, 5.41) is 6.46. The molecule has 1 aromatic heterocycles. The molecule has 0 unspecified atom stereocenters. The van der Waals surface area contributed by atoms with E-state index in [0.717, 1.165) is 11.3 Å². The van der Waals surface area contributed by atoms with Crippen molar-refractivity contribution in [2.45, 2.75) is 19.9 Å². The second kappa shape index (κ2) is 8.31. The summed E-state index contributed by atoms with van der Waals surface area (Å²) in [6.45, 7) is 4.05. The topological polar surface area (TPSA) is 76.1 Å². The number of methoxy groups -OCH3 is 1.